The Morgan fingerprint density at radius 2 is 2.00 bits per heavy atom. The van der Waals surface area contributed by atoms with E-state index in [-0.39, 0.29) is 0 Å². The number of hydrogen-bond acceptors (Lipinski definition) is 1. The highest BCUT2D eigenvalue weighted by atomic mass is 28.3. The SMILES string of the molecule is C[Si](C)(C)C#Cc1ccn(CC(F)(F)F)n1. The summed E-state index contributed by atoms with van der Waals surface area (Å²) in [6.07, 6.45) is -2.95. The molecule has 0 aliphatic rings. The van der Waals surface area contributed by atoms with E-state index >= 15 is 0 Å². The molecule has 1 heterocycles. The standard InChI is InChI=1S/C10H13F3N2Si/c1-16(2,3)7-5-9-4-6-15(14-9)8-10(11,12)13/h4,6H,8H2,1-3H3. The van der Waals surface area contributed by atoms with Crippen molar-refractivity contribution in [1.29, 1.82) is 0 Å². The van der Waals surface area contributed by atoms with E-state index in [0.717, 1.165) is 4.68 Å². The normalized spacial score (nSPS) is 12.1. The van der Waals surface area contributed by atoms with Gasteiger partial charge < -0.3 is 0 Å². The van der Waals surface area contributed by atoms with Gasteiger partial charge in [-0.3, -0.25) is 4.68 Å². The van der Waals surface area contributed by atoms with Crippen LogP contribution in [0.25, 0.3) is 0 Å². The molecule has 1 aromatic rings. The first-order valence-electron chi connectivity index (χ1n) is 4.79. The lowest BCUT2D eigenvalue weighted by Crippen LogP contribution is -2.18. The minimum absolute atomic E-state index is 0.395. The molecule has 16 heavy (non-hydrogen) atoms. The summed E-state index contributed by atoms with van der Waals surface area (Å²) in [4.78, 5) is 0. The van der Waals surface area contributed by atoms with Crippen LogP contribution in [0.4, 0.5) is 13.2 Å². The van der Waals surface area contributed by atoms with Gasteiger partial charge in [-0.15, -0.1) is 5.54 Å². The minimum atomic E-state index is -4.24. The molecule has 0 atom stereocenters. The lowest BCUT2D eigenvalue weighted by molar-refractivity contribution is -0.142. The van der Waals surface area contributed by atoms with E-state index < -0.39 is 20.8 Å². The predicted octanol–water partition coefficient (Wildman–Crippen LogP) is 2.67. The Morgan fingerprint density at radius 3 is 2.50 bits per heavy atom. The van der Waals surface area contributed by atoms with Crippen molar-refractivity contribution in [2.24, 2.45) is 0 Å². The quantitative estimate of drug-likeness (QED) is 0.550. The van der Waals surface area contributed by atoms with Crippen LogP contribution in [0.15, 0.2) is 12.3 Å². The number of hydrogen-bond donors (Lipinski definition) is 0. The fourth-order valence-electron chi connectivity index (χ4n) is 0.952. The first-order chi connectivity index (χ1) is 7.16. The first kappa shape index (κ1) is 12.8. The first-order valence-corrected chi connectivity index (χ1v) is 8.29. The maximum absolute atomic E-state index is 12.0. The van der Waals surface area contributed by atoms with Gasteiger partial charge in [-0.2, -0.15) is 18.3 Å². The Bertz CT molecular complexity index is 418. The average molecular weight is 246 g/mol. The van der Waals surface area contributed by atoms with Gasteiger partial charge in [0, 0.05) is 6.20 Å². The van der Waals surface area contributed by atoms with E-state index in [1.54, 1.807) is 0 Å². The van der Waals surface area contributed by atoms with Crippen molar-refractivity contribution < 1.29 is 13.2 Å². The van der Waals surface area contributed by atoms with E-state index in [2.05, 4.69) is 36.2 Å². The van der Waals surface area contributed by atoms with Crippen LogP contribution in [0.5, 0.6) is 0 Å². The lowest BCUT2D eigenvalue weighted by Gasteiger charge is -2.05. The molecule has 0 aliphatic carbocycles. The largest absolute Gasteiger partial charge is 0.408 e. The molecular weight excluding hydrogens is 233 g/mol. The average Bonchev–Trinajstić information content (AvgIpc) is 2.44. The zero-order valence-corrected chi connectivity index (χ0v) is 10.4. The smallest absolute Gasteiger partial charge is 0.262 e. The molecule has 6 heteroatoms. The van der Waals surface area contributed by atoms with E-state index in [4.69, 9.17) is 0 Å². The summed E-state index contributed by atoms with van der Waals surface area (Å²) in [6.45, 7) is 5.12. The Morgan fingerprint density at radius 1 is 1.38 bits per heavy atom. The fourth-order valence-corrected chi connectivity index (χ4v) is 1.45. The van der Waals surface area contributed by atoms with Crippen LogP contribution in [-0.4, -0.2) is 24.0 Å². The van der Waals surface area contributed by atoms with Crippen LogP contribution in [0.1, 0.15) is 5.69 Å². The number of halogens is 3. The molecule has 1 aromatic heterocycles. The molecule has 0 unspecified atom stereocenters. The fraction of sp³-hybridized carbons (Fsp3) is 0.500. The van der Waals surface area contributed by atoms with E-state index in [9.17, 15) is 13.2 Å². The van der Waals surface area contributed by atoms with Gasteiger partial charge in [0.2, 0.25) is 0 Å². The summed E-state index contributed by atoms with van der Waals surface area (Å²) < 4.78 is 37.0. The molecule has 0 spiro atoms. The van der Waals surface area contributed by atoms with Crippen molar-refractivity contribution in [1.82, 2.24) is 9.78 Å². The van der Waals surface area contributed by atoms with Gasteiger partial charge in [-0.25, -0.2) is 0 Å². The molecule has 0 bridgehead atoms. The molecule has 1 rings (SSSR count). The Kier molecular flexibility index (Phi) is 3.48. The van der Waals surface area contributed by atoms with Crippen LogP contribution in [0.3, 0.4) is 0 Å². The van der Waals surface area contributed by atoms with Crippen LogP contribution in [0.2, 0.25) is 19.6 Å². The number of aromatic nitrogens is 2. The van der Waals surface area contributed by atoms with Gasteiger partial charge in [0.1, 0.15) is 20.3 Å². The van der Waals surface area contributed by atoms with Gasteiger partial charge >= 0.3 is 6.18 Å². The highest BCUT2D eigenvalue weighted by molar-refractivity contribution is 6.83. The van der Waals surface area contributed by atoms with Crippen molar-refractivity contribution in [3.8, 4) is 11.5 Å². The van der Waals surface area contributed by atoms with Crippen LogP contribution in [-0.2, 0) is 6.54 Å². The van der Waals surface area contributed by atoms with Crippen LogP contribution in [0, 0.1) is 11.5 Å². The molecular formula is C10H13F3N2Si. The summed E-state index contributed by atoms with van der Waals surface area (Å²) in [6, 6.07) is 1.50. The van der Waals surface area contributed by atoms with Gasteiger partial charge in [-0.1, -0.05) is 25.6 Å². The van der Waals surface area contributed by atoms with Crippen LogP contribution >= 0.6 is 0 Å². The second-order valence-corrected chi connectivity index (χ2v) is 9.26. The maximum Gasteiger partial charge on any atom is 0.408 e. The number of rotatable bonds is 1. The Balaban J connectivity index is 2.75. The van der Waals surface area contributed by atoms with Crippen molar-refractivity contribution in [2.45, 2.75) is 32.4 Å². The molecule has 2 nitrogen and oxygen atoms in total. The van der Waals surface area contributed by atoms with Crippen molar-refractivity contribution in [2.75, 3.05) is 0 Å². The van der Waals surface area contributed by atoms with Gasteiger partial charge in [0.15, 0.2) is 0 Å². The van der Waals surface area contributed by atoms with Crippen molar-refractivity contribution >= 4 is 8.07 Å². The molecule has 0 aliphatic heterocycles. The highest BCUT2D eigenvalue weighted by Crippen LogP contribution is 2.16. The molecule has 0 aromatic carbocycles. The molecule has 0 fully saturated rings. The van der Waals surface area contributed by atoms with Gasteiger partial charge in [0.05, 0.1) is 0 Å². The Hall–Kier alpha value is -1.22. The minimum Gasteiger partial charge on any atom is -0.262 e. The molecule has 0 amide bonds. The topological polar surface area (TPSA) is 17.8 Å². The summed E-state index contributed by atoms with van der Waals surface area (Å²) in [5, 5.41) is 3.74. The summed E-state index contributed by atoms with van der Waals surface area (Å²) in [5.41, 5.74) is 3.44. The van der Waals surface area contributed by atoms with E-state index in [0.29, 0.717) is 5.69 Å². The molecule has 0 radical (unpaired) electrons. The molecule has 88 valence electrons. The van der Waals surface area contributed by atoms with Crippen molar-refractivity contribution in [3.05, 3.63) is 18.0 Å². The van der Waals surface area contributed by atoms with Crippen molar-refractivity contribution in [3.63, 3.8) is 0 Å². The molecule has 0 saturated carbocycles. The summed E-state index contributed by atoms with van der Waals surface area (Å²) >= 11 is 0. The number of alkyl halides is 3. The maximum atomic E-state index is 12.0. The van der Waals surface area contributed by atoms with E-state index in [1.165, 1.54) is 12.3 Å². The van der Waals surface area contributed by atoms with E-state index in [1.807, 2.05) is 0 Å². The summed E-state index contributed by atoms with van der Waals surface area (Å²) in [5.74, 6) is 2.80. The third-order valence-corrected chi connectivity index (χ3v) is 2.42. The third kappa shape index (κ3) is 5.03. The monoisotopic (exact) mass is 246 g/mol. The molecule has 0 saturated heterocycles. The predicted molar refractivity (Wildman–Crippen MR) is 58.5 cm³/mol. The zero-order valence-electron chi connectivity index (χ0n) is 9.39. The summed E-state index contributed by atoms with van der Waals surface area (Å²) in [7, 11) is -1.51. The lowest BCUT2D eigenvalue weighted by atomic mass is 10.5. The highest BCUT2D eigenvalue weighted by Gasteiger charge is 2.28. The van der Waals surface area contributed by atoms with Gasteiger partial charge in [0.25, 0.3) is 0 Å². The number of nitrogens with zero attached hydrogens (tertiary/aromatic N) is 2. The zero-order chi connectivity index (χ0) is 12.4. The third-order valence-electron chi connectivity index (χ3n) is 1.55. The molecule has 0 N–H and O–H groups in total. The second-order valence-electron chi connectivity index (χ2n) is 4.51. The second kappa shape index (κ2) is 4.34. The van der Waals surface area contributed by atoms with Gasteiger partial charge in [-0.05, 0) is 6.07 Å². The van der Waals surface area contributed by atoms with Crippen LogP contribution < -0.4 is 0 Å². The Labute approximate surface area is 93.5 Å².